The van der Waals surface area contributed by atoms with Crippen molar-refractivity contribution in [2.24, 2.45) is 0 Å². The van der Waals surface area contributed by atoms with E-state index in [1.807, 2.05) is 22.7 Å². The van der Waals surface area contributed by atoms with Crippen LogP contribution in [0.1, 0.15) is 30.8 Å². The molecule has 1 fully saturated rings. The Morgan fingerprint density at radius 3 is 3.10 bits per heavy atom. The average molecular weight is 314 g/mol. The van der Waals surface area contributed by atoms with E-state index in [2.05, 4.69) is 24.1 Å². The molecular formula is C14H20ClN3OS. The second-order valence-electron chi connectivity index (χ2n) is 4.89. The minimum absolute atomic E-state index is 0.0673. The predicted molar refractivity (Wildman–Crippen MR) is 85.9 cm³/mol. The number of pyridine rings is 1. The Bertz CT molecular complexity index is 483. The van der Waals surface area contributed by atoms with Crippen LogP contribution in [0.5, 0.6) is 0 Å². The van der Waals surface area contributed by atoms with Gasteiger partial charge in [-0.1, -0.05) is 25.4 Å². The lowest BCUT2D eigenvalue weighted by molar-refractivity contribution is 0.0757. The van der Waals surface area contributed by atoms with E-state index in [4.69, 9.17) is 11.6 Å². The summed E-state index contributed by atoms with van der Waals surface area (Å²) in [5.41, 5.74) is 0.354. The van der Waals surface area contributed by atoms with Crippen LogP contribution in [0.4, 0.5) is 5.82 Å². The van der Waals surface area contributed by atoms with Gasteiger partial charge in [0, 0.05) is 30.6 Å². The number of hydrogen-bond acceptors (Lipinski definition) is 4. The number of amides is 1. The van der Waals surface area contributed by atoms with Crippen molar-refractivity contribution in [1.82, 2.24) is 9.88 Å². The first-order valence-corrected chi connectivity index (χ1v) is 8.35. The van der Waals surface area contributed by atoms with Crippen LogP contribution in [0.25, 0.3) is 0 Å². The van der Waals surface area contributed by atoms with Crippen molar-refractivity contribution in [3.8, 4) is 0 Å². The normalized spacial score (nSPS) is 18.9. The van der Waals surface area contributed by atoms with Gasteiger partial charge in [-0.15, -0.1) is 0 Å². The Balaban J connectivity index is 2.15. The number of carbonyl (C=O) groups is 1. The Kier molecular flexibility index (Phi) is 5.54. The molecule has 0 radical (unpaired) electrons. The zero-order chi connectivity index (χ0) is 14.5. The van der Waals surface area contributed by atoms with Crippen LogP contribution in [0.15, 0.2) is 12.1 Å². The summed E-state index contributed by atoms with van der Waals surface area (Å²) < 4.78 is 0. The minimum Gasteiger partial charge on any atom is -0.370 e. The molecule has 1 unspecified atom stereocenters. The van der Waals surface area contributed by atoms with E-state index in [0.717, 1.165) is 31.8 Å². The van der Waals surface area contributed by atoms with Crippen LogP contribution >= 0.6 is 23.4 Å². The Hall–Kier alpha value is -0.940. The molecular weight excluding hydrogens is 294 g/mol. The molecule has 0 saturated carbocycles. The maximum atomic E-state index is 12.5. The molecule has 1 saturated heterocycles. The molecule has 2 rings (SSSR count). The fourth-order valence-electron chi connectivity index (χ4n) is 2.10. The summed E-state index contributed by atoms with van der Waals surface area (Å²) in [7, 11) is 0. The highest BCUT2D eigenvalue weighted by molar-refractivity contribution is 7.99. The van der Waals surface area contributed by atoms with Crippen LogP contribution in [-0.4, -0.2) is 46.4 Å². The summed E-state index contributed by atoms with van der Waals surface area (Å²) in [6, 6.07) is 3.55. The number of carbonyl (C=O) groups excluding carboxylic acids is 1. The number of anilines is 1. The first-order chi connectivity index (χ1) is 9.61. The van der Waals surface area contributed by atoms with Crippen molar-refractivity contribution >= 4 is 35.1 Å². The molecule has 1 aromatic heterocycles. The van der Waals surface area contributed by atoms with E-state index in [9.17, 15) is 4.79 Å². The van der Waals surface area contributed by atoms with Crippen molar-refractivity contribution in [3.63, 3.8) is 0 Å². The highest BCUT2D eigenvalue weighted by atomic mass is 35.5. The fraction of sp³-hybridized carbons (Fsp3) is 0.571. The maximum absolute atomic E-state index is 12.5. The molecule has 2 heterocycles. The van der Waals surface area contributed by atoms with Crippen LogP contribution in [0, 0.1) is 0 Å². The molecule has 1 aliphatic rings. The molecule has 1 aromatic rings. The van der Waals surface area contributed by atoms with E-state index >= 15 is 0 Å². The summed E-state index contributed by atoms with van der Waals surface area (Å²) in [5.74, 6) is 1.61. The van der Waals surface area contributed by atoms with E-state index < -0.39 is 0 Å². The summed E-state index contributed by atoms with van der Waals surface area (Å²) in [6.07, 6.45) is 1.01. The number of nitrogens with one attached hydrogen (secondary N) is 1. The van der Waals surface area contributed by atoms with Gasteiger partial charge < -0.3 is 10.2 Å². The highest BCUT2D eigenvalue weighted by Gasteiger charge is 2.25. The third kappa shape index (κ3) is 3.79. The van der Waals surface area contributed by atoms with Crippen LogP contribution in [0.3, 0.4) is 0 Å². The second kappa shape index (κ2) is 7.18. The lowest BCUT2D eigenvalue weighted by Crippen LogP contribution is -2.41. The molecule has 1 amide bonds. The molecule has 4 nitrogen and oxygen atoms in total. The van der Waals surface area contributed by atoms with Gasteiger partial charge >= 0.3 is 0 Å². The molecule has 0 spiro atoms. The quantitative estimate of drug-likeness (QED) is 0.927. The van der Waals surface area contributed by atoms with E-state index in [1.54, 1.807) is 6.07 Å². The summed E-state index contributed by atoms with van der Waals surface area (Å²) >= 11 is 8.03. The maximum Gasteiger partial charge on any atom is 0.274 e. The zero-order valence-electron chi connectivity index (χ0n) is 11.9. The average Bonchev–Trinajstić information content (AvgIpc) is 2.45. The molecule has 6 heteroatoms. The zero-order valence-corrected chi connectivity index (χ0v) is 13.4. The molecule has 110 valence electrons. The molecule has 0 aliphatic carbocycles. The Labute approximate surface area is 129 Å². The Morgan fingerprint density at radius 2 is 2.40 bits per heavy atom. The molecule has 1 N–H and O–H groups in total. The lowest BCUT2D eigenvalue weighted by Gasteiger charge is -2.30. The van der Waals surface area contributed by atoms with Gasteiger partial charge in [-0.2, -0.15) is 11.8 Å². The van der Waals surface area contributed by atoms with Crippen LogP contribution in [-0.2, 0) is 0 Å². The first-order valence-electron chi connectivity index (χ1n) is 6.93. The lowest BCUT2D eigenvalue weighted by atomic mass is 10.2. The van der Waals surface area contributed by atoms with Gasteiger partial charge in [0.25, 0.3) is 5.91 Å². The number of aromatic nitrogens is 1. The number of halogens is 1. The highest BCUT2D eigenvalue weighted by Crippen LogP contribution is 2.23. The van der Waals surface area contributed by atoms with E-state index in [1.165, 1.54) is 0 Å². The number of thioether (sulfide) groups is 1. The molecule has 20 heavy (non-hydrogen) atoms. The van der Waals surface area contributed by atoms with E-state index in [-0.39, 0.29) is 5.91 Å². The van der Waals surface area contributed by atoms with Gasteiger partial charge in [0.15, 0.2) is 0 Å². The topological polar surface area (TPSA) is 45.2 Å². The van der Waals surface area contributed by atoms with Gasteiger partial charge in [0.05, 0.1) is 5.02 Å². The first kappa shape index (κ1) is 15.4. The van der Waals surface area contributed by atoms with Gasteiger partial charge in [-0.3, -0.25) is 4.79 Å². The van der Waals surface area contributed by atoms with Crippen molar-refractivity contribution in [2.75, 3.05) is 30.7 Å². The van der Waals surface area contributed by atoms with Crippen LogP contribution in [0.2, 0.25) is 5.02 Å². The second-order valence-corrected chi connectivity index (χ2v) is 6.84. The summed E-state index contributed by atoms with van der Waals surface area (Å²) in [4.78, 5) is 18.7. The molecule has 0 aromatic carbocycles. The number of rotatable bonds is 4. The van der Waals surface area contributed by atoms with Gasteiger partial charge in [-0.05, 0) is 18.6 Å². The Morgan fingerprint density at radius 1 is 1.60 bits per heavy atom. The van der Waals surface area contributed by atoms with Crippen molar-refractivity contribution in [3.05, 3.63) is 22.8 Å². The smallest absolute Gasteiger partial charge is 0.274 e. The van der Waals surface area contributed by atoms with Gasteiger partial charge in [-0.25, -0.2) is 4.98 Å². The van der Waals surface area contributed by atoms with Crippen LogP contribution < -0.4 is 5.32 Å². The third-order valence-corrected chi connectivity index (χ3v) is 4.57. The van der Waals surface area contributed by atoms with Crippen molar-refractivity contribution < 1.29 is 4.79 Å². The minimum atomic E-state index is -0.0673. The fourth-order valence-corrected chi connectivity index (χ4v) is 3.30. The largest absolute Gasteiger partial charge is 0.370 e. The SMILES string of the molecule is CCCNc1ccc(Cl)c(C(=O)N2CCSC(C)C2)n1. The van der Waals surface area contributed by atoms with E-state index in [0.29, 0.717) is 21.8 Å². The summed E-state index contributed by atoms with van der Waals surface area (Å²) in [5, 5.41) is 4.07. The predicted octanol–water partition coefficient (Wildman–Crippen LogP) is 3.13. The van der Waals surface area contributed by atoms with Gasteiger partial charge in [0.2, 0.25) is 0 Å². The number of nitrogens with zero attached hydrogens (tertiary/aromatic N) is 2. The van der Waals surface area contributed by atoms with Crippen molar-refractivity contribution in [2.45, 2.75) is 25.5 Å². The standard InChI is InChI=1S/C14H20ClN3OS/c1-3-6-16-12-5-4-11(15)13(17-12)14(19)18-7-8-20-10(2)9-18/h4-5,10H,3,6-9H2,1-2H3,(H,16,17). The monoisotopic (exact) mass is 313 g/mol. The third-order valence-electron chi connectivity index (χ3n) is 3.13. The molecule has 1 atom stereocenters. The molecule has 0 bridgehead atoms. The summed E-state index contributed by atoms with van der Waals surface area (Å²) in [6.45, 7) is 6.58. The molecule has 1 aliphatic heterocycles. The van der Waals surface area contributed by atoms with Gasteiger partial charge in [0.1, 0.15) is 11.5 Å². The number of hydrogen-bond donors (Lipinski definition) is 1. The van der Waals surface area contributed by atoms with Crippen molar-refractivity contribution in [1.29, 1.82) is 0 Å².